The molecule has 20 heavy (non-hydrogen) atoms. The van der Waals surface area contributed by atoms with Gasteiger partial charge < -0.3 is 10.2 Å². The highest BCUT2D eigenvalue weighted by Gasteiger charge is 2.28. The molecule has 3 nitrogen and oxygen atoms in total. The van der Waals surface area contributed by atoms with Crippen molar-refractivity contribution in [2.24, 2.45) is 0 Å². The van der Waals surface area contributed by atoms with E-state index in [4.69, 9.17) is 0 Å². The van der Waals surface area contributed by atoms with E-state index in [2.05, 4.69) is 24.4 Å². The maximum absolute atomic E-state index is 12.6. The molecule has 110 valence electrons. The number of likely N-dealkylation sites (tertiary alicyclic amines) is 1. The van der Waals surface area contributed by atoms with E-state index in [9.17, 15) is 4.79 Å². The van der Waals surface area contributed by atoms with E-state index < -0.39 is 0 Å². The van der Waals surface area contributed by atoms with Crippen molar-refractivity contribution in [1.29, 1.82) is 0 Å². The van der Waals surface area contributed by atoms with Gasteiger partial charge in [-0.05, 0) is 43.3 Å². The Morgan fingerprint density at radius 2 is 2.15 bits per heavy atom. The molecule has 1 saturated heterocycles. The van der Waals surface area contributed by atoms with Gasteiger partial charge in [-0.1, -0.05) is 19.1 Å². The highest BCUT2D eigenvalue weighted by molar-refractivity contribution is 7.98. The zero-order valence-electron chi connectivity index (χ0n) is 12.4. The van der Waals surface area contributed by atoms with E-state index in [-0.39, 0.29) is 5.91 Å². The summed E-state index contributed by atoms with van der Waals surface area (Å²) in [6.07, 6.45) is 2.22. The first-order valence-corrected chi connectivity index (χ1v) is 8.54. The van der Waals surface area contributed by atoms with Gasteiger partial charge in [0.15, 0.2) is 0 Å². The average Bonchev–Trinajstić information content (AvgIpc) is 2.93. The summed E-state index contributed by atoms with van der Waals surface area (Å²) in [5, 5.41) is 3.18. The summed E-state index contributed by atoms with van der Waals surface area (Å²) in [7, 11) is 1.95. The summed E-state index contributed by atoms with van der Waals surface area (Å²) in [5.41, 5.74) is 2.11. The van der Waals surface area contributed by atoms with Gasteiger partial charge >= 0.3 is 0 Å². The molecule has 1 unspecified atom stereocenters. The zero-order chi connectivity index (χ0) is 14.4. The van der Waals surface area contributed by atoms with Gasteiger partial charge in [-0.25, -0.2) is 0 Å². The van der Waals surface area contributed by atoms with Crippen molar-refractivity contribution < 1.29 is 4.79 Å². The van der Waals surface area contributed by atoms with Crippen LogP contribution in [-0.4, -0.2) is 42.7 Å². The molecule has 1 aromatic rings. The smallest absolute Gasteiger partial charge is 0.254 e. The molecule has 1 amide bonds. The molecule has 4 heteroatoms. The molecule has 2 rings (SSSR count). The SMILES string of the molecule is CCSCc1ccc(C(=O)N2CCCC2CNC)cc1. The minimum atomic E-state index is 0.178. The van der Waals surface area contributed by atoms with Crippen LogP contribution in [0, 0.1) is 0 Å². The van der Waals surface area contributed by atoms with Crippen molar-refractivity contribution in [1.82, 2.24) is 10.2 Å². The number of nitrogens with one attached hydrogen (secondary N) is 1. The van der Waals surface area contributed by atoms with Crippen molar-refractivity contribution in [2.75, 3.05) is 25.9 Å². The third-order valence-electron chi connectivity index (χ3n) is 3.75. The molecule has 1 fully saturated rings. The van der Waals surface area contributed by atoms with Crippen LogP contribution in [0.15, 0.2) is 24.3 Å². The molecule has 0 aromatic heterocycles. The van der Waals surface area contributed by atoms with Crippen molar-refractivity contribution in [3.63, 3.8) is 0 Å². The lowest BCUT2D eigenvalue weighted by molar-refractivity contribution is 0.0737. The number of carbonyl (C=O) groups is 1. The summed E-state index contributed by atoms with van der Waals surface area (Å²) in [4.78, 5) is 14.6. The summed E-state index contributed by atoms with van der Waals surface area (Å²) >= 11 is 1.90. The van der Waals surface area contributed by atoms with E-state index in [1.54, 1.807) is 0 Å². The second-order valence-electron chi connectivity index (χ2n) is 5.19. The van der Waals surface area contributed by atoms with E-state index >= 15 is 0 Å². The quantitative estimate of drug-likeness (QED) is 0.875. The fourth-order valence-electron chi connectivity index (χ4n) is 2.68. The van der Waals surface area contributed by atoms with Crippen LogP contribution in [-0.2, 0) is 5.75 Å². The monoisotopic (exact) mass is 292 g/mol. The van der Waals surface area contributed by atoms with Gasteiger partial charge in [0.2, 0.25) is 0 Å². The highest BCUT2D eigenvalue weighted by atomic mass is 32.2. The fourth-order valence-corrected chi connectivity index (χ4v) is 3.31. The van der Waals surface area contributed by atoms with Crippen LogP contribution in [0.5, 0.6) is 0 Å². The van der Waals surface area contributed by atoms with E-state index in [1.165, 1.54) is 5.56 Å². The molecule has 1 N–H and O–H groups in total. The first kappa shape index (κ1) is 15.4. The van der Waals surface area contributed by atoms with Gasteiger partial charge in [0.1, 0.15) is 0 Å². The Kier molecular flexibility index (Phi) is 5.92. The van der Waals surface area contributed by atoms with Crippen LogP contribution < -0.4 is 5.32 Å². The number of hydrogen-bond acceptors (Lipinski definition) is 3. The number of likely N-dealkylation sites (N-methyl/N-ethyl adjacent to an activating group) is 1. The number of benzene rings is 1. The lowest BCUT2D eigenvalue weighted by Gasteiger charge is -2.24. The summed E-state index contributed by atoms with van der Waals surface area (Å²) < 4.78 is 0. The van der Waals surface area contributed by atoms with Crippen molar-refractivity contribution in [3.8, 4) is 0 Å². The molecule has 1 aliphatic heterocycles. The molecule has 1 heterocycles. The van der Waals surface area contributed by atoms with E-state index in [1.807, 2.05) is 35.8 Å². The normalized spacial score (nSPS) is 18.5. The lowest BCUT2D eigenvalue weighted by atomic mass is 10.1. The summed E-state index contributed by atoms with van der Waals surface area (Å²) in [6.45, 7) is 3.94. The molecule has 0 aliphatic carbocycles. The van der Waals surface area contributed by atoms with Crippen LogP contribution in [0.25, 0.3) is 0 Å². The predicted octanol–water partition coefficient (Wildman–Crippen LogP) is 2.76. The first-order valence-electron chi connectivity index (χ1n) is 7.38. The molecule has 0 radical (unpaired) electrons. The maximum Gasteiger partial charge on any atom is 0.254 e. The number of nitrogens with zero attached hydrogens (tertiary/aromatic N) is 1. The third kappa shape index (κ3) is 3.76. The van der Waals surface area contributed by atoms with Crippen molar-refractivity contribution in [2.45, 2.75) is 31.6 Å². The molecule has 0 saturated carbocycles. The summed E-state index contributed by atoms with van der Waals surface area (Å²) in [5.74, 6) is 2.33. The number of rotatable bonds is 6. The van der Waals surface area contributed by atoms with Gasteiger partial charge in [-0.2, -0.15) is 11.8 Å². The standard InChI is InChI=1S/C16H24N2OS/c1-3-20-12-13-6-8-14(9-7-13)16(19)18-10-4-5-15(18)11-17-2/h6-9,15,17H,3-5,10-12H2,1-2H3. The molecular weight excluding hydrogens is 268 g/mol. The molecule has 1 aromatic carbocycles. The molecular formula is C16H24N2OS. The Hall–Kier alpha value is -1.00. The van der Waals surface area contributed by atoms with Crippen LogP contribution in [0.3, 0.4) is 0 Å². The number of amides is 1. The molecule has 1 atom stereocenters. The van der Waals surface area contributed by atoms with Crippen LogP contribution in [0.4, 0.5) is 0 Å². The van der Waals surface area contributed by atoms with Crippen molar-refractivity contribution in [3.05, 3.63) is 35.4 Å². The Morgan fingerprint density at radius 3 is 2.80 bits per heavy atom. The molecule has 1 aliphatic rings. The first-order chi connectivity index (χ1) is 9.76. The average molecular weight is 292 g/mol. The van der Waals surface area contributed by atoms with E-state index in [0.29, 0.717) is 6.04 Å². The maximum atomic E-state index is 12.6. The van der Waals surface area contributed by atoms with Crippen LogP contribution in [0.2, 0.25) is 0 Å². The number of carbonyl (C=O) groups excluding carboxylic acids is 1. The van der Waals surface area contributed by atoms with Crippen molar-refractivity contribution >= 4 is 17.7 Å². The Balaban J connectivity index is 2.01. The van der Waals surface area contributed by atoms with Gasteiger partial charge in [-0.15, -0.1) is 0 Å². The van der Waals surface area contributed by atoms with Gasteiger partial charge in [0, 0.05) is 30.4 Å². The molecule has 0 spiro atoms. The fraction of sp³-hybridized carbons (Fsp3) is 0.562. The predicted molar refractivity (Wildman–Crippen MR) is 86.3 cm³/mol. The van der Waals surface area contributed by atoms with E-state index in [0.717, 1.165) is 43.0 Å². The van der Waals surface area contributed by atoms with Gasteiger partial charge in [0.25, 0.3) is 5.91 Å². The summed E-state index contributed by atoms with van der Waals surface area (Å²) in [6, 6.07) is 8.46. The number of thioether (sulfide) groups is 1. The van der Waals surface area contributed by atoms with Crippen LogP contribution >= 0.6 is 11.8 Å². The zero-order valence-corrected chi connectivity index (χ0v) is 13.2. The lowest BCUT2D eigenvalue weighted by Crippen LogP contribution is -2.40. The second-order valence-corrected chi connectivity index (χ2v) is 6.46. The largest absolute Gasteiger partial charge is 0.334 e. The second kappa shape index (κ2) is 7.70. The highest BCUT2D eigenvalue weighted by Crippen LogP contribution is 2.20. The third-order valence-corrected chi connectivity index (χ3v) is 4.70. The Morgan fingerprint density at radius 1 is 1.40 bits per heavy atom. The molecule has 0 bridgehead atoms. The minimum absolute atomic E-state index is 0.178. The Bertz CT molecular complexity index is 433. The Labute approximate surface area is 126 Å². The number of hydrogen-bond donors (Lipinski definition) is 1. The minimum Gasteiger partial charge on any atom is -0.334 e. The topological polar surface area (TPSA) is 32.3 Å². The van der Waals surface area contributed by atoms with Crippen LogP contribution in [0.1, 0.15) is 35.7 Å². The van der Waals surface area contributed by atoms with Gasteiger partial charge in [-0.3, -0.25) is 4.79 Å². The van der Waals surface area contributed by atoms with Gasteiger partial charge in [0.05, 0.1) is 0 Å².